The fourth-order valence-electron chi connectivity index (χ4n) is 1.56. The number of rotatable bonds is 2. The van der Waals surface area contributed by atoms with Crippen LogP contribution in [0.5, 0.6) is 0 Å². The maximum absolute atomic E-state index is 13.1. The Kier molecular flexibility index (Phi) is 3.27. The van der Waals surface area contributed by atoms with Crippen LogP contribution in [0.15, 0.2) is 0 Å². The molecule has 2 N–H and O–H groups in total. The van der Waals surface area contributed by atoms with Gasteiger partial charge in [-0.05, 0) is 38.8 Å². The van der Waals surface area contributed by atoms with Gasteiger partial charge in [-0.25, -0.2) is 4.39 Å². The molecule has 2 atom stereocenters. The molecule has 1 aliphatic rings. The fourth-order valence-corrected chi connectivity index (χ4v) is 1.56. The van der Waals surface area contributed by atoms with E-state index in [9.17, 15) is 4.39 Å². The van der Waals surface area contributed by atoms with Crippen LogP contribution in [0.4, 0.5) is 4.39 Å². The van der Waals surface area contributed by atoms with Crippen molar-refractivity contribution < 1.29 is 9.50 Å². The SMILES string of the molecule is CC(O)C(F)C1CCNCC1. The number of aliphatic hydroxyl groups is 1. The highest BCUT2D eigenvalue weighted by Gasteiger charge is 2.26. The van der Waals surface area contributed by atoms with Gasteiger partial charge in [0.1, 0.15) is 6.17 Å². The van der Waals surface area contributed by atoms with Crippen LogP contribution in [-0.4, -0.2) is 30.5 Å². The normalized spacial score (nSPS) is 26.5. The van der Waals surface area contributed by atoms with E-state index in [0.29, 0.717) is 0 Å². The van der Waals surface area contributed by atoms with Crippen molar-refractivity contribution in [2.75, 3.05) is 13.1 Å². The van der Waals surface area contributed by atoms with E-state index in [0.717, 1.165) is 25.9 Å². The van der Waals surface area contributed by atoms with Gasteiger partial charge in [0.25, 0.3) is 0 Å². The first-order valence-electron chi connectivity index (χ1n) is 4.24. The molecule has 0 aromatic heterocycles. The van der Waals surface area contributed by atoms with Crippen molar-refractivity contribution in [1.29, 1.82) is 0 Å². The molecule has 0 saturated carbocycles. The first-order valence-corrected chi connectivity index (χ1v) is 4.24. The largest absolute Gasteiger partial charge is 0.390 e. The second kappa shape index (κ2) is 4.02. The highest BCUT2D eigenvalue weighted by atomic mass is 19.1. The Bertz CT molecular complexity index is 113. The fraction of sp³-hybridized carbons (Fsp3) is 1.00. The standard InChI is InChI=1S/C8H16FNO/c1-6(11)8(9)7-2-4-10-5-3-7/h6-8,10-11H,2-5H2,1H3. The van der Waals surface area contributed by atoms with Crippen molar-refractivity contribution in [2.45, 2.75) is 32.0 Å². The Morgan fingerprint density at radius 2 is 2.00 bits per heavy atom. The Morgan fingerprint density at radius 1 is 1.45 bits per heavy atom. The van der Waals surface area contributed by atoms with Crippen LogP contribution in [0.25, 0.3) is 0 Å². The first kappa shape index (κ1) is 8.94. The van der Waals surface area contributed by atoms with Gasteiger partial charge in [0.05, 0.1) is 6.10 Å². The van der Waals surface area contributed by atoms with Crippen molar-refractivity contribution in [1.82, 2.24) is 5.32 Å². The van der Waals surface area contributed by atoms with Crippen molar-refractivity contribution in [3.63, 3.8) is 0 Å². The molecule has 0 aliphatic carbocycles. The Balaban J connectivity index is 2.32. The van der Waals surface area contributed by atoms with Crippen LogP contribution >= 0.6 is 0 Å². The van der Waals surface area contributed by atoms with E-state index in [-0.39, 0.29) is 5.92 Å². The summed E-state index contributed by atoms with van der Waals surface area (Å²) in [6.45, 7) is 3.29. The van der Waals surface area contributed by atoms with Crippen LogP contribution in [0.1, 0.15) is 19.8 Å². The second-order valence-electron chi connectivity index (χ2n) is 3.27. The van der Waals surface area contributed by atoms with Gasteiger partial charge >= 0.3 is 0 Å². The first-order chi connectivity index (χ1) is 5.22. The summed E-state index contributed by atoms with van der Waals surface area (Å²) in [7, 11) is 0. The van der Waals surface area contributed by atoms with E-state index in [4.69, 9.17) is 5.11 Å². The molecule has 2 unspecified atom stereocenters. The van der Waals surface area contributed by atoms with Crippen molar-refractivity contribution in [3.8, 4) is 0 Å². The molecule has 0 radical (unpaired) electrons. The molecule has 0 amide bonds. The van der Waals surface area contributed by atoms with Gasteiger partial charge in [0, 0.05) is 0 Å². The summed E-state index contributed by atoms with van der Waals surface area (Å²) in [6.07, 6.45) is -0.131. The van der Waals surface area contributed by atoms with Gasteiger partial charge in [-0.1, -0.05) is 0 Å². The molecule has 1 heterocycles. The summed E-state index contributed by atoms with van der Waals surface area (Å²) >= 11 is 0. The zero-order valence-electron chi connectivity index (χ0n) is 6.89. The molecule has 11 heavy (non-hydrogen) atoms. The van der Waals surface area contributed by atoms with E-state index < -0.39 is 12.3 Å². The monoisotopic (exact) mass is 161 g/mol. The molecule has 0 aromatic carbocycles. The zero-order valence-corrected chi connectivity index (χ0v) is 6.89. The molecular weight excluding hydrogens is 145 g/mol. The number of halogens is 1. The predicted molar refractivity (Wildman–Crippen MR) is 42.2 cm³/mol. The summed E-state index contributed by atoms with van der Waals surface area (Å²) in [5.74, 6) is 0.0660. The summed E-state index contributed by atoms with van der Waals surface area (Å²) in [6, 6.07) is 0. The lowest BCUT2D eigenvalue weighted by atomic mass is 9.91. The molecule has 66 valence electrons. The van der Waals surface area contributed by atoms with E-state index in [1.807, 2.05) is 0 Å². The van der Waals surface area contributed by atoms with E-state index >= 15 is 0 Å². The molecule has 2 nitrogen and oxygen atoms in total. The Labute approximate surface area is 66.8 Å². The van der Waals surface area contributed by atoms with E-state index in [1.165, 1.54) is 6.92 Å². The molecule has 1 fully saturated rings. The Hall–Kier alpha value is -0.150. The summed E-state index contributed by atoms with van der Waals surface area (Å²) in [5.41, 5.74) is 0. The third-order valence-corrected chi connectivity index (χ3v) is 2.29. The number of aliphatic hydroxyl groups excluding tert-OH is 1. The maximum Gasteiger partial charge on any atom is 0.128 e. The van der Waals surface area contributed by atoms with Gasteiger partial charge in [-0.15, -0.1) is 0 Å². The quantitative estimate of drug-likeness (QED) is 0.625. The van der Waals surface area contributed by atoms with Gasteiger partial charge in [-0.2, -0.15) is 0 Å². The van der Waals surface area contributed by atoms with Crippen molar-refractivity contribution in [2.24, 2.45) is 5.92 Å². The topological polar surface area (TPSA) is 32.3 Å². The molecule has 1 saturated heterocycles. The highest BCUT2D eigenvalue weighted by molar-refractivity contribution is 4.78. The molecule has 0 aromatic rings. The molecule has 1 aliphatic heterocycles. The minimum absolute atomic E-state index is 0.0660. The van der Waals surface area contributed by atoms with Crippen molar-refractivity contribution >= 4 is 0 Å². The lowest BCUT2D eigenvalue weighted by Crippen LogP contribution is -2.36. The average Bonchev–Trinajstić information content (AvgIpc) is 2.05. The lowest BCUT2D eigenvalue weighted by molar-refractivity contribution is 0.0440. The summed E-state index contributed by atoms with van der Waals surface area (Å²) in [4.78, 5) is 0. The smallest absolute Gasteiger partial charge is 0.128 e. The third kappa shape index (κ3) is 2.42. The molecule has 0 bridgehead atoms. The van der Waals surface area contributed by atoms with Gasteiger partial charge in [0.2, 0.25) is 0 Å². The van der Waals surface area contributed by atoms with E-state index in [1.54, 1.807) is 0 Å². The third-order valence-electron chi connectivity index (χ3n) is 2.29. The number of nitrogens with one attached hydrogen (secondary N) is 1. The number of hydrogen-bond donors (Lipinski definition) is 2. The number of alkyl halides is 1. The van der Waals surface area contributed by atoms with Crippen LogP contribution in [-0.2, 0) is 0 Å². The van der Waals surface area contributed by atoms with Crippen molar-refractivity contribution in [3.05, 3.63) is 0 Å². The molecular formula is C8H16FNO. The number of piperidine rings is 1. The van der Waals surface area contributed by atoms with Gasteiger partial charge in [0.15, 0.2) is 0 Å². The Morgan fingerprint density at radius 3 is 2.45 bits per heavy atom. The zero-order chi connectivity index (χ0) is 8.27. The predicted octanol–water partition coefficient (Wildman–Crippen LogP) is 0.705. The minimum atomic E-state index is -1.03. The lowest BCUT2D eigenvalue weighted by Gasteiger charge is -2.27. The number of hydrogen-bond acceptors (Lipinski definition) is 2. The maximum atomic E-state index is 13.1. The van der Waals surface area contributed by atoms with Gasteiger partial charge in [-0.3, -0.25) is 0 Å². The average molecular weight is 161 g/mol. The molecule has 3 heteroatoms. The minimum Gasteiger partial charge on any atom is -0.390 e. The highest BCUT2D eigenvalue weighted by Crippen LogP contribution is 2.21. The van der Waals surface area contributed by atoms with Crippen LogP contribution in [0.2, 0.25) is 0 Å². The van der Waals surface area contributed by atoms with Gasteiger partial charge < -0.3 is 10.4 Å². The van der Waals surface area contributed by atoms with Crippen LogP contribution in [0, 0.1) is 5.92 Å². The molecule has 1 rings (SSSR count). The van der Waals surface area contributed by atoms with Crippen LogP contribution < -0.4 is 5.32 Å². The summed E-state index contributed by atoms with van der Waals surface area (Å²) in [5, 5.41) is 12.1. The van der Waals surface area contributed by atoms with Crippen LogP contribution in [0.3, 0.4) is 0 Å². The van der Waals surface area contributed by atoms with E-state index in [2.05, 4.69) is 5.32 Å². The second-order valence-corrected chi connectivity index (χ2v) is 3.27. The molecule has 0 spiro atoms. The summed E-state index contributed by atoms with van der Waals surface area (Å²) < 4.78 is 13.1.